The van der Waals surface area contributed by atoms with Crippen molar-refractivity contribution in [2.45, 2.75) is 219 Å². The van der Waals surface area contributed by atoms with Gasteiger partial charge in [-0.1, -0.05) is 167 Å². The van der Waals surface area contributed by atoms with E-state index in [-0.39, 0.29) is 61.5 Å². The minimum absolute atomic E-state index is 0. The first-order chi connectivity index (χ1) is 25.3. The van der Waals surface area contributed by atoms with Crippen LogP contribution < -0.4 is 65.5 Å². The van der Waals surface area contributed by atoms with E-state index >= 15 is 0 Å². The molecule has 330 valence electrons. The topological polar surface area (TPSA) is 166 Å². The first kappa shape index (κ1) is 60.4. The van der Waals surface area contributed by atoms with Crippen LogP contribution in [0, 0.1) is 0 Å². The predicted octanol–water partition coefficient (Wildman–Crippen LogP) is 0.170. The lowest BCUT2D eigenvalue weighted by Gasteiger charge is -2.26. The molecule has 0 fully saturated rings. The van der Waals surface area contributed by atoms with E-state index in [1.165, 1.54) is 154 Å². The monoisotopic (exact) mass is 839 g/mol. The van der Waals surface area contributed by atoms with E-state index < -0.39 is 12.1 Å². The molecular weight excluding hydrogens is 753 g/mol. The summed E-state index contributed by atoms with van der Waals surface area (Å²) in [7, 11) is 0. The molecule has 2 atom stereocenters. The van der Waals surface area contributed by atoms with Gasteiger partial charge in [-0.2, -0.15) is 0 Å². The number of hydrogen-bond donors (Lipinski definition) is 5. The predicted molar refractivity (Wildman–Crippen MR) is 225 cm³/mol. The van der Waals surface area contributed by atoms with E-state index in [1.54, 1.807) is 0 Å². The fourth-order valence-corrected chi connectivity index (χ4v) is 6.69. The Balaban J connectivity index is -0.00000433. The molecule has 55 heavy (non-hydrogen) atoms. The van der Waals surface area contributed by atoms with Crippen LogP contribution in [0.4, 0.5) is 0 Å². The molecule has 2 amide bonds. The molecule has 0 aromatic rings. The van der Waals surface area contributed by atoms with Gasteiger partial charge in [-0.05, 0) is 51.4 Å². The number of nitrogens with two attached hydrogens (primary N) is 4. The Hall–Kier alpha value is -1.26. The van der Waals surface area contributed by atoms with Crippen LogP contribution in [-0.2, 0) is 9.59 Å². The normalized spacial score (nSPS) is 11.9. The third kappa shape index (κ3) is 42.2. The van der Waals surface area contributed by atoms with Crippen LogP contribution in [-0.4, -0.2) is 60.9 Å². The quantitative estimate of drug-likeness (QED) is 0.0257. The van der Waals surface area contributed by atoms with Crippen molar-refractivity contribution in [1.82, 2.24) is 10.2 Å². The molecule has 0 aliphatic rings. The molecule has 0 heterocycles. The van der Waals surface area contributed by atoms with Crippen molar-refractivity contribution in [3.8, 4) is 0 Å². The average Bonchev–Trinajstić information content (AvgIpc) is 3.13. The highest BCUT2D eigenvalue weighted by atomic mass is 35.5. The van der Waals surface area contributed by atoms with Gasteiger partial charge < -0.3 is 70.4 Å². The van der Waals surface area contributed by atoms with E-state index in [0.29, 0.717) is 19.4 Å². The Morgan fingerprint density at radius 2 is 0.909 bits per heavy atom. The van der Waals surface area contributed by atoms with Gasteiger partial charge in [0.05, 0.1) is 6.04 Å². The fraction of sp³-hybridized carbons (Fsp3) is 0.884. The standard InChI is InChI=1S/C43H87N7O2.3ClH/c1-3-5-7-9-11-13-15-17-19-20-22-24-26-28-30-32-37-50(36-31-29-27-25-23-21-18-16-14-12-10-8-6-4-2)42(52)40(45)38-49-41(51)39(44)34-33-35-48-43(46)47;;;/h17,19,39-40H,3-16,18,20-38,44-45H2,1-2H3,(H,49,51)(H4,46,47,48);3*1H/p-3/b19-17-;;;. The van der Waals surface area contributed by atoms with Crippen molar-refractivity contribution >= 4 is 17.8 Å². The number of halogens is 3. The van der Waals surface area contributed by atoms with E-state index in [9.17, 15) is 9.59 Å². The van der Waals surface area contributed by atoms with Gasteiger partial charge in [-0.25, -0.2) is 0 Å². The molecule has 2 unspecified atom stereocenters. The summed E-state index contributed by atoms with van der Waals surface area (Å²) in [6.07, 6.45) is 41.8. The summed E-state index contributed by atoms with van der Waals surface area (Å²) in [5.41, 5.74) is 23.1. The van der Waals surface area contributed by atoms with Crippen LogP contribution in [0.3, 0.4) is 0 Å². The number of nitrogens with zero attached hydrogens (tertiary/aromatic N) is 2. The number of aliphatic imine (C=N–C) groups is 1. The van der Waals surface area contributed by atoms with E-state index in [1.807, 2.05) is 4.90 Å². The lowest BCUT2D eigenvalue weighted by Crippen LogP contribution is -3.00. The third-order valence-corrected chi connectivity index (χ3v) is 10.2. The van der Waals surface area contributed by atoms with Crippen molar-refractivity contribution in [2.75, 3.05) is 26.2 Å². The second-order valence-corrected chi connectivity index (χ2v) is 15.3. The molecule has 0 spiro atoms. The maximum absolute atomic E-state index is 13.4. The van der Waals surface area contributed by atoms with Gasteiger partial charge in [-0.15, -0.1) is 0 Å². The van der Waals surface area contributed by atoms with Gasteiger partial charge in [-0.3, -0.25) is 14.6 Å². The maximum Gasteiger partial charge on any atom is 0.241 e. The summed E-state index contributed by atoms with van der Waals surface area (Å²) in [4.78, 5) is 31.8. The van der Waals surface area contributed by atoms with Crippen LogP contribution in [0.1, 0.15) is 206 Å². The van der Waals surface area contributed by atoms with Crippen molar-refractivity contribution < 1.29 is 46.8 Å². The molecule has 12 heteroatoms. The minimum atomic E-state index is -0.779. The molecule has 0 aliphatic carbocycles. The molecule has 0 aromatic carbocycles. The Morgan fingerprint density at radius 3 is 1.29 bits per heavy atom. The van der Waals surface area contributed by atoms with Crippen LogP contribution in [0.15, 0.2) is 17.1 Å². The van der Waals surface area contributed by atoms with Crippen LogP contribution in [0.2, 0.25) is 0 Å². The van der Waals surface area contributed by atoms with Crippen molar-refractivity contribution in [2.24, 2.45) is 27.9 Å². The molecular formula is C43H87Cl3N7O2-3. The number of hydrogen-bond acceptors (Lipinski definition) is 5. The Morgan fingerprint density at radius 1 is 0.545 bits per heavy atom. The summed E-state index contributed by atoms with van der Waals surface area (Å²) in [6, 6.07) is -1.47. The number of rotatable bonds is 39. The number of unbranched alkanes of at least 4 members (excludes halogenated alkanes) is 25. The summed E-state index contributed by atoms with van der Waals surface area (Å²) >= 11 is 0. The zero-order valence-corrected chi connectivity index (χ0v) is 37.8. The smallest absolute Gasteiger partial charge is 0.241 e. The van der Waals surface area contributed by atoms with Crippen LogP contribution >= 0.6 is 0 Å². The van der Waals surface area contributed by atoms with Gasteiger partial charge >= 0.3 is 0 Å². The zero-order chi connectivity index (χ0) is 38.3. The molecule has 9 nitrogen and oxygen atoms in total. The number of carbonyl (C=O) groups is 2. The first-order valence-corrected chi connectivity index (χ1v) is 22.1. The Bertz CT molecular complexity index is 879. The number of carbonyl (C=O) groups excluding carboxylic acids is 2. The maximum atomic E-state index is 13.4. The molecule has 0 radical (unpaired) electrons. The molecule has 0 aliphatic heterocycles. The van der Waals surface area contributed by atoms with E-state index in [2.05, 4.69) is 36.3 Å². The van der Waals surface area contributed by atoms with E-state index in [0.717, 1.165) is 38.8 Å². The highest BCUT2D eigenvalue weighted by Gasteiger charge is 2.22. The zero-order valence-electron chi connectivity index (χ0n) is 35.5. The van der Waals surface area contributed by atoms with Crippen molar-refractivity contribution in [3.63, 3.8) is 0 Å². The molecule has 0 saturated carbocycles. The van der Waals surface area contributed by atoms with Crippen molar-refractivity contribution in [1.29, 1.82) is 0 Å². The van der Waals surface area contributed by atoms with Gasteiger partial charge in [0.15, 0.2) is 5.96 Å². The van der Waals surface area contributed by atoms with Gasteiger partial charge in [0, 0.05) is 26.2 Å². The second-order valence-electron chi connectivity index (χ2n) is 15.3. The first-order valence-electron chi connectivity index (χ1n) is 22.1. The highest BCUT2D eigenvalue weighted by molar-refractivity contribution is 5.85. The van der Waals surface area contributed by atoms with Crippen LogP contribution in [0.5, 0.6) is 0 Å². The van der Waals surface area contributed by atoms with Crippen molar-refractivity contribution in [3.05, 3.63) is 12.2 Å². The SMILES string of the molecule is CCCCCCCC/C=C\CCCCCCCCN(CCCCCCCCCCCCCCCC)C(=O)C(N)CNC(=O)C(N)CCCN=C(N)N.[Cl-].[Cl-].[Cl-]. The average molecular weight is 841 g/mol. The molecule has 0 bridgehead atoms. The highest BCUT2D eigenvalue weighted by Crippen LogP contribution is 2.14. The lowest BCUT2D eigenvalue weighted by atomic mass is 10.0. The van der Waals surface area contributed by atoms with Gasteiger partial charge in [0.1, 0.15) is 6.04 Å². The third-order valence-electron chi connectivity index (χ3n) is 10.2. The number of amides is 2. The summed E-state index contributed by atoms with van der Waals surface area (Å²) < 4.78 is 0. The minimum Gasteiger partial charge on any atom is -1.00 e. The summed E-state index contributed by atoms with van der Waals surface area (Å²) in [5, 5.41) is 2.78. The molecule has 0 rings (SSSR count). The van der Waals surface area contributed by atoms with E-state index in [4.69, 9.17) is 22.9 Å². The Kier molecular flexibility index (Phi) is 51.8. The summed E-state index contributed by atoms with van der Waals surface area (Å²) in [6.45, 7) is 6.51. The number of guanidine groups is 1. The number of nitrogens with one attached hydrogen (secondary N) is 1. The molecule has 0 saturated heterocycles. The fourth-order valence-electron chi connectivity index (χ4n) is 6.69. The second kappa shape index (κ2) is 47.1. The van der Waals surface area contributed by atoms with Gasteiger partial charge in [0.2, 0.25) is 11.8 Å². The van der Waals surface area contributed by atoms with Crippen LogP contribution in [0.25, 0.3) is 0 Å². The molecule has 9 N–H and O–H groups in total. The molecule has 0 aromatic heterocycles. The van der Waals surface area contributed by atoms with Gasteiger partial charge in [0.25, 0.3) is 0 Å². The largest absolute Gasteiger partial charge is 1.00 e. The Labute approximate surface area is 358 Å². The summed E-state index contributed by atoms with van der Waals surface area (Å²) in [5.74, 6) is -0.359. The lowest BCUT2D eigenvalue weighted by molar-refractivity contribution is -0.133. The number of allylic oxidation sites excluding steroid dienone is 2.